The summed E-state index contributed by atoms with van der Waals surface area (Å²) in [5, 5.41) is 11.9. The van der Waals surface area contributed by atoms with E-state index < -0.39 is 0 Å². The van der Waals surface area contributed by atoms with Gasteiger partial charge < -0.3 is 15.5 Å². The van der Waals surface area contributed by atoms with Crippen LogP contribution in [-0.4, -0.2) is 71.8 Å². The fraction of sp³-hybridized carbons (Fsp3) is 0.692. The largest absolute Gasteiger partial charge is 0.397 e. The van der Waals surface area contributed by atoms with Gasteiger partial charge in [0.25, 0.3) is 0 Å². The first kappa shape index (κ1) is 16.4. The molecule has 0 aliphatic carbocycles. The number of guanidine groups is 1. The number of nitrogens with one attached hydrogen (secondary N) is 1. The monoisotopic (exact) mass is 310 g/mol. The Kier molecular flexibility index (Phi) is 5.84. The molecular formula is C13H26N8O. The standard InChI is InChI=1S/C13H26N8O/c1-18(2)9-12-8-16-21(10-12)22-7-5-4-6-15-20-11-19(3)17-13(20)14/h8,10,15H,4-7,9,11H2,1-3H3,(H2,14,17). The summed E-state index contributed by atoms with van der Waals surface area (Å²) in [6.07, 6.45) is 5.67. The molecule has 0 aromatic carbocycles. The van der Waals surface area contributed by atoms with Crippen molar-refractivity contribution < 1.29 is 4.84 Å². The fourth-order valence-corrected chi connectivity index (χ4v) is 2.12. The normalized spacial score (nSPS) is 14.8. The number of nitrogens with zero attached hydrogens (tertiary/aromatic N) is 6. The Morgan fingerprint density at radius 1 is 1.41 bits per heavy atom. The van der Waals surface area contributed by atoms with Gasteiger partial charge in [-0.1, -0.05) is 0 Å². The molecule has 1 aliphatic rings. The van der Waals surface area contributed by atoms with E-state index in [-0.39, 0.29) is 0 Å². The van der Waals surface area contributed by atoms with Crippen LogP contribution in [0.15, 0.2) is 17.5 Å². The van der Waals surface area contributed by atoms with E-state index in [1.165, 1.54) is 4.85 Å². The van der Waals surface area contributed by atoms with E-state index in [0.29, 0.717) is 19.2 Å². The van der Waals surface area contributed by atoms with E-state index in [0.717, 1.165) is 31.5 Å². The van der Waals surface area contributed by atoms with E-state index in [1.54, 1.807) is 5.01 Å². The van der Waals surface area contributed by atoms with Crippen molar-refractivity contribution in [1.29, 1.82) is 0 Å². The smallest absolute Gasteiger partial charge is 0.230 e. The van der Waals surface area contributed by atoms with E-state index in [1.807, 2.05) is 38.5 Å². The minimum absolute atomic E-state index is 0.503. The highest BCUT2D eigenvalue weighted by Gasteiger charge is 2.16. The summed E-state index contributed by atoms with van der Waals surface area (Å²) in [4.78, 5) is 9.20. The average molecular weight is 310 g/mol. The molecular weight excluding hydrogens is 284 g/mol. The topological polar surface area (TPSA) is 87.2 Å². The number of hydrogen-bond donors (Lipinski definition) is 2. The first-order valence-electron chi connectivity index (χ1n) is 7.42. The first-order chi connectivity index (χ1) is 10.5. The molecule has 0 saturated heterocycles. The molecule has 2 rings (SSSR count). The van der Waals surface area contributed by atoms with Crippen molar-refractivity contribution in [3.8, 4) is 0 Å². The molecule has 0 bridgehead atoms. The number of nitrogens with two attached hydrogens (primary N) is 1. The quantitative estimate of drug-likeness (QED) is 0.571. The molecule has 0 atom stereocenters. The lowest BCUT2D eigenvalue weighted by molar-refractivity contribution is 0.0786. The number of hydrogen-bond acceptors (Lipinski definition) is 8. The van der Waals surface area contributed by atoms with Gasteiger partial charge in [0, 0.05) is 25.7 Å². The molecule has 0 saturated carbocycles. The summed E-state index contributed by atoms with van der Waals surface area (Å²) >= 11 is 0. The number of hydrazine groups is 1. The van der Waals surface area contributed by atoms with Crippen LogP contribution in [0, 0.1) is 0 Å². The molecule has 3 N–H and O–H groups in total. The van der Waals surface area contributed by atoms with Gasteiger partial charge in [0.05, 0.1) is 12.4 Å². The van der Waals surface area contributed by atoms with Gasteiger partial charge in [-0.3, -0.25) is 10.0 Å². The van der Waals surface area contributed by atoms with Crippen molar-refractivity contribution >= 4 is 5.96 Å². The molecule has 124 valence electrons. The van der Waals surface area contributed by atoms with Crippen LogP contribution in [0.25, 0.3) is 0 Å². The van der Waals surface area contributed by atoms with Crippen LogP contribution in [0.5, 0.6) is 0 Å². The van der Waals surface area contributed by atoms with Gasteiger partial charge >= 0.3 is 0 Å². The van der Waals surface area contributed by atoms with Gasteiger partial charge in [-0.2, -0.15) is 0 Å². The molecule has 0 amide bonds. The molecule has 9 heteroatoms. The Morgan fingerprint density at radius 3 is 2.91 bits per heavy atom. The van der Waals surface area contributed by atoms with Gasteiger partial charge in [-0.25, -0.2) is 5.43 Å². The molecule has 1 aromatic heterocycles. The highest BCUT2D eigenvalue weighted by atomic mass is 16.7. The van der Waals surface area contributed by atoms with Crippen molar-refractivity contribution in [2.45, 2.75) is 19.4 Å². The van der Waals surface area contributed by atoms with Gasteiger partial charge in [-0.15, -0.1) is 15.0 Å². The summed E-state index contributed by atoms with van der Waals surface area (Å²) in [7, 11) is 5.94. The fourth-order valence-electron chi connectivity index (χ4n) is 2.12. The lowest BCUT2D eigenvalue weighted by atomic mass is 10.3. The zero-order chi connectivity index (χ0) is 15.9. The van der Waals surface area contributed by atoms with Crippen LogP contribution in [0.4, 0.5) is 0 Å². The third-order valence-electron chi connectivity index (χ3n) is 3.11. The van der Waals surface area contributed by atoms with E-state index in [9.17, 15) is 0 Å². The Labute approximate surface area is 131 Å². The van der Waals surface area contributed by atoms with Crippen molar-refractivity contribution in [2.24, 2.45) is 10.8 Å². The zero-order valence-corrected chi connectivity index (χ0v) is 13.6. The second kappa shape index (κ2) is 7.85. The number of rotatable bonds is 9. The molecule has 0 radical (unpaired) electrons. The molecule has 2 heterocycles. The Bertz CT molecular complexity index is 486. The molecule has 1 aromatic rings. The maximum Gasteiger partial charge on any atom is 0.230 e. The number of unbranched alkanes of at least 4 members (excludes halogenated alkanes) is 1. The lowest BCUT2D eigenvalue weighted by Gasteiger charge is -2.18. The van der Waals surface area contributed by atoms with Gasteiger partial charge in [-0.05, 0) is 26.9 Å². The molecule has 0 spiro atoms. The predicted molar refractivity (Wildman–Crippen MR) is 84.4 cm³/mol. The van der Waals surface area contributed by atoms with Crippen molar-refractivity contribution in [2.75, 3.05) is 41.0 Å². The predicted octanol–water partition coefficient (Wildman–Crippen LogP) is -0.907. The highest BCUT2D eigenvalue weighted by molar-refractivity contribution is 5.78. The molecule has 9 nitrogen and oxygen atoms in total. The molecule has 1 aliphatic heterocycles. The Hall–Kier alpha value is -2.00. The van der Waals surface area contributed by atoms with Crippen LogP contribution in [0.2, 0.25) is 0 Å². The van der Waals surface area contributed by atoms with Gasteiger partial charge in [0.1, 0.15) is 13.3 Å². The second-order valence-corrected chi connectivity index (χ2v) is 5.62. The molecule has 0 fully saturated rings. The SMILES string of the molecule is CN(C)Cc1cnn(OCCCCNN2CN(C)N=C2N)c1. The van der Waals surface area contributed by atoms with Crippen molar-refractivity contribution in [3.05, 3.63) is 18.0 Å². The summed E-state index contributed by atoms with van der Waals surface area (Å²) in [6, 6.07) is 0. The first-order valence-corrected chi connectivity index (χ1v) is 7.42. The van der Waals surface area contributed by atoms with Crippen LogP contribution in [0.3, 0.4) is 0 Å². The molecule has 0 unspecified atom stereocenters. The lowest BCUT2D eigenvalue weighted by Crippen LogP contribution is -2.45. The number of hydrazone groups is 1. The van der Waals surface area contributed by atoms with Crippen LogP contribution < -0.4 is 16.0 Å². The Morgan fingerprint density at radius 2 is 2.23 bits per heavy atom. The van der Waals surface area contributed by atoms with Crippen LogP contribution in [0.1, 0.15) is 18.4 Å². The summed E-state index contributed by atoms with van der Waals surface area (Å²) in [5.41, 5.74) is 10.1. The van der Waals surface area contributed by atoms with E-state index in [4.69, 9.17) is 10.6 Å². The van der Waals surface area contributed by atoms with Crippen LogP contribution in [-0.2, 0) is 6.54 Å². The van der Waals surface area contributed by atoms with Crippen LogP contribution >= 0.6 is 0 Å². The van der Waals surface area contributed by atoms with Gasteiger partial charge in [0.2, 0.25) is 5.96 Å². The third-order valence-corrected chi connectivity index (χ3v) is 3.11. The number of aromatic nitrogens is 2. The van der Waals surface area contributed by atoms with Crippen molar-refractivity contribution in [3.63, 3.8) is 0 Å². The maximum atomic E-state index is 5.76. The summed E-state index contributed by atoms with van der Waals surface area (Å²) in [6.45, 7) is 3.00. The Balaban J connectivity index is 1.54. The minimum atomic E-state index is 0.503. The zero-order valence-electron chi connectivity index (χ0n) is 13.6. The van der Waals surface area contributed by atoms with E-state index in [2.05, 4.69) is 20.5 Å². The third kappa shape index (κ3) is 5.08. The van der Waals surface area contributed by atoms with Crippen molar-refractivity contribution in [1.82, 2.24) is 30.3 Å². The molecule has 22 heavy (non-hydrogen) atoms. The summed E-state index contributed by atoms with van der Waals surface area (Å²) < 4.78 is 0. The minimum Gasteiger partial charge on any atom is -0.397 e. The summed E-state index contributed by atoms with van der Waals surface area (Å²) in [5.74, 6) is 0.503. The second-order valence-electron chi connectivity index (χ2n) is 5.62. The average Bonchev–Trinajstić information content (AvgIpc) is 3.00. The van der Waals surface area contributed by atoms with Gasteiger partial charge in [0.15, 0.2) is 0 Å². The van der Waals surface area contributed by atoms with E-state index >= 15 is 0 Å². The maximum absolute atomic E-state index is 5.76. The highest BCUT2D eigenvalue weighted by Crippen LogP contribution is 2.00.